The Bertz CT molecular complexity index is 640. The van der Waals surface area contributed by atoms with E-state index in [9.17, 15) is 8.42 Å². The molecule has 7 heteroatoms. The maximum absolute atomic E-state index is 12.8. The third kappa shape index (κ3) is 4.18. The van der Waals surface area contributed by atoms with Gasteiger partial charge in [0.15, 0.2) is 0 Å². The van der Waals surface area contributed by atoms with Crippen molar-refractivity contribution in [3.63, 3.8) is 0 Å². The van der Waals surface area contributed by atoms with E-state index in [0.717, 1.165) is 37.7 Å². The van der Waals surface area contributed by atoms with Gasteiger partial charge >= 0.3 is 0 Å². The maximum atomic E-state index is 12.8. The Morgan fingerprint density at radius 3 is 2.46 bits per heavy atom. The van der Waals surface area contributed by atoms with Crippen molar-refractivity contribution >= 4 is 10.2 Å². The van der Waals surface area contributed by atoms with Crippen LogP contribution in [0.1, 0.15) is 77.6 Å². The molecule has 0 spiro atoms. The van der Waals surface area contributed by atoms with Crippen molar-refractivity contribution in [2.45, 2.75) is 78.3 Å². The molecule has 0 amide bonds. The summed E-state index contributed by atoms with van der Waals surface area (Å²) >= 11 is 0. The first-order valence-corrected chi connectivity index (χ1v) is 10.5. The molecule has 0 bridgehead atoms. The van der Waals surface area contributed by atoms with E-state index in [2.05, 4.69) is 30.6 Å². The van der Waals surface area contributed by atoms with Crippen LogP contribution in [0.5, 0.6) is 0 Å². The van der Waals surface area contributed by atoms with Crippen molar-refractivity contribution in [3.8, 4) is 0 Å². The molecule has 0 fully saturated rings. The number of hydrogen-bond acceptors (Lipinski definition) is 3. The lowest BCUT2D eigenvalue weighted by Gasteiger charge is -2.30. The molecule has 1 heterocycles. The summed E-state index contributed by atoms with van der Waals surface area (Å²) in [7, 11) is -3.47. The molecule has 0 saturated carbocycles. The Morgan fingerprint density at radius 2 is 1.92 bits per heavy atom. The Morgan fingerprint density at radius 1 is 1.29 bits per heavy atom. The molecule has 0 saturated heterocycles. The number of nitrogens with zero attached hydrogens (tertiary/aromatic N) is 3. The molecule has 1 N–H and O–H groups in total. The van der Waals surface area contributed by atoms with Crippen LogP contribution in [0.3, 0.4) is 0 Å². The van der Waals surface area contributed by atoms with E-state index >= 15 is 0 Å². The zero-order valence-electron chi connectivity index (χ0n) is 15.7. The van der Waals surface area contributed by atoms with Crippen LogP contribution in [-0.2, 0) is 22.2 Å². The summed E-state index contributed by atoms with van der Waals surface area (Å²) in [6, 6.07) is -0.175. The van der Waals surface area contributed by atoms with E-state index in [-0.39, 0.29) is 11.6 Å². The van der Waals surface area contributed by atoms with Crippen LogP contribution in [0, 0.1) is 0 Å². The lowest BCUT2D eigenvalue weighted by molar-refractivity contribution is 0.335. The molecule has 1 aromatic rings. The predicted octanol–water partition coefficient (Wildman–Crippen LogP) is 2.97. The van der Waals surface area contributed by atoms with Gasteiger partial charge in [-0.15, -0.1) is 0 Å². The zero-order valence-corrected chi connectivity index (χ0v) is 16.5. The van der Waals surface area contributed by atoms with E-state index in [4.69, 9.17) is 0 Å². The molecule has 1 aromatic heterocycles. The van der Waals surface area contributed by atoms with Crippen LogP contribution >= 0.6 is 0 Å². The number of rotatable bonds is 7. The first kappa shape index (κ1) is 19.4. The average molecular weight is 357 g/mol. The third-order valence-electron chi connectivity index (χ3n) is 4.40. The van der Waals surface area contributed by atoms with E-state index < -0.39 is 10.2 Å². The molecule has 2 rings (SSSR count). The molecule has 1 atom stereocenters. The Balaban J connectivity index is 2.25. The second kappa shape index (κ2) is 7.54. The number of aromatic nitrogens is 2. The summed E-state index contributed by atoms with van der Waals surface area (Å²) < 4.78 is 32.1. The molecular weight excluding hydrogens is 324 g/mol. The molecule has 24 heavy (non-hydrogen) atoms. The Kier molecular flexibility index (Phi) is 6.09. The van der Waals surface area contributed by atoms with E-state index in [1.807, 2.05) is 24.7 Å². The average Bonchev–Trinajstić information content (AvgIpc) is 2.92. The summed E-state index contributed by atoms with van der Waals surface area (Å²) in [5, 5.41) is 4.54. The fraction of sp³-hybridized carbons (Fsp3) is 0.824. The van der Waals surface area contributed by atoms with Crippen molar-refractivity contribution in [2.75, 3.05) is 13.1 Å². The molecule has 1 aliphatic rings. The number of nitrogens with one attached hydrogen (secondary N) is 1. The molecule has 1 aliphatic carbocycles. The summed E-state index contributed by atoms with van der Waals surface area (Å²) in [6.07, 6.45) is 6.24. The van der Waals surface area contributed by atoms with Crippen LogP contribution in [0.15, 0.2) is 6.20 Å². The summed E-state index contributed by atoms with van der Waals surface area (Å²) in [5.74, 6) is 0. The van der Waals surface area contributed by atoms with E-state index in [1.165, 1.54) is 5.69 Å². The van der Waals surface area contributed by atoms with Crippen molar-refractivity contribution < 1.29 is 8.42 Å². The monoisotopic (exact) mass is 356 g/mol. The number of hydrogen-bond donors (Lipinski definition) is 1. The summed E-state index contributed by atoms with van der Waals surface area (Å²) in [6.45, 7) is 11.5. The van der Waals surface area contributed by atoms with Crippen molar-refractivity contribution in [1.82, 2.24) is 18.8 Å². The second-order valence-electron chi connectivity index (χ2n) is 7.60. The van der Waals surface area contributed by atoms with Gasteiger partial charge in [-0.25, -0.2) is 0 Å². The third-order valence-corrected chi connectivity index (χ3v) is 6.02. The first-order valence-electron chi connectivity index (χ1n) is 9.05. The van der Waals surface area contributed by atoms with Crippen molar-refractivity contribution in [3.05, 3.63) is 17.5 Å². The van der Waals surface area contributed by atoms with Gasteiger partial charge < -0.3 is 0 Å². The SMILES string of the molecule is CCCN(CCC)S(=O)(=O)NC1CCCc2c1cnn2C(C)(C)C. The van der Waals surface area contributed by atoms with Crippen molar-refractivity contribution in [2.24, 2.45) is 0 Å². The van der Waals surface area contributed by atoms with Gasteiger partial charge in [-0.3, -0.25) is 4.68 Å². The van der Waals surface area contributed by atoms with Gasteiger partial charge in [0.05, 0.1) is 17.8 Å². The molecule has 138 valence electrons. The van der Waals surface area contributed by atoms with Gasteiger partial charge in [-0.1, -0.05) is 13.8 Å². The lowest BCUT2D eigenvalue weighted by Crippen LogP contribution is -2.43. The zero-order chi connectivity index (χ0) is 18.0. The normalized spacial score (nSPS) is 18.8. The maximum Gasteiger partial charge on any atom is 0.280 e. The second-order valence-corrected chi connectivity index (χ2v) is 9.30. The highest BCUT2D eigenvalue weighted by Crippen LogP contribution is 2.32. The molecule has 6 nitrogen and oxygen atoms in total. The minimum atomic E-state index is -3.47. The van der Waals surface area contributed by atoms with Gasteiger partial charge in [-0.05, 0) is 52.9 Å². The topological polar surface area (TPSA) is 67.2 Å². The van der Waals surface area contributed by atoms with Gasteiger partial charge in [0.2, 0.25) is 0 Å². The van der Waals surface area contributed by atoms with E-state index in [1.54, 1.807) is 4.31 Å². The first-order chi connectivity index (χ1) is 11.2. The lowest BCUT2D eigenvalue weighted by atomic mass is 9.93. The highest BCUT2D eigenvalue weighted by atomic mass is 32.2. The van der Waals surface area contributed by atoms with Gasteiger partial charge in [-0.2, -0.15) is 22.5 Å². The predicted molar refractivity (Wildman–Crippen MR) is 97.1 cm³/mol. The van der Waals surface area contributed by atoms with Crippen LogP contribution in [0.2, 0.25) is 0 Å². The standard InChI is InChI=1S/C17H32N4O2S/c1-6-11-20(12-7-2)24(22,23)19-15-9-8-10-16-14(15)13-18-21(16)17(3,4)5/h13,15,19H,6-12H2,1-5H3. The largest absolute Gasteiger partial charge is 0.280 e. The molecule has 0 radical (unpaired) electrons. The minimum Gasteiger partial charge on any atom is -0.264 e. The van der Waals surface area contributed by atoms with Gasteiger partial charge in [0, 0.05) is 24.3 Å². The summed E-state index contributed by atoms with van der Waals surface area (Å²) in [5.41, 5.74) is 2.11. The smallest absolute Gasteiger partial charge is 0.264 e. The molecule has 1 unspecified atom stereocenters. The molecule has 0 aromatic carbocycles. The molecular formula is C17H32N4O2S. The molecule has 0 aliphatic heterocycles. The highest BCUT2D eigenvalue weighted by Gasteiger charge is 2.32. The Labute approximate surface area is 146 Å². The van der Waals surface area contributed by atoms with Crippen molar-refractivity contribution in [1.29, 1.82) is 0 Å². The fourth-order valence-electron chi connectivity index (χ4n) is 3.36. The minimum absolute atomic E-state index is 0.0925. The van der Waals surface area contributed by atoms with Crippen LogP contribution < -0.4 is 4.72 Å². The van der Waals surface area contributed by atoms with Gasteiger partial charge in [0.1, 0.15) is 0 Å². The van der Waals surface area contributed by atoms with Gasteiger partial charge in [0.25, 0.3) is 10.2 Å². The summed E-state index contributed by atoms with van der Waals surface area (Å²) in [4.78, 5) is 0. The van der Waals surface area contributed by atoms with Crippen LogP contribution in [-0.4, -0.2) is 35.6 Å². The van der Waals surface area contributed by atoms with E-state index in [0.29, 0.717) is 13.1 Å². The van der Waals surface area contributed by atoms with Crippen LogP contribution in [0.25, 0.3) is 0 Å². The quantitative estimate of drug-likeness (QED) is 0.817. The fourth-order valence-corrected chi connectivity index (χ4v) is 4.96. The Hall–Kier alpha value is -0.920. The number of fused-ring (bicyclic) bond motifs is 1. The highest BCUT2D eigenvalue weighted by molar-refractivity contribution is 7.87. The van der Waals surface area contributed by atoms with Crippen LogP contribution in [0.4, 0.5) is 0 Å².